The van der Waals surface area contributed by atoms with Crippen molar-refractivity contribution >= 4 is 50.7 Å². The molecule has 2 nitrogen and oxygen atoms in total. The summed E-state index contributed by atoms with van der Waals surface area (Å²) >= 11 is 10.9. The highest BCUT2D eigenvalue weighted by Gasteiger charge is 2.12. The summed E-state index contributed by atoms with van der Waals surface area (Å²) in [4.78, 5) is 0. The molecule has 0 aromatic heterocycles. The van der Waals surface area contributed by atoms with Gasteiger partial charge in [-0.2, -0.15) is 11.8 Å². The average Bonchev–Trinajstić information content (AvgIpc) is 2.50. The standard InChI is InChI=1S/C16H23BrN2S2/c17-13-7-9-14(10-8-13)19-16(20)18-11-4-12-21-15-5-2-1-3-6-15/h7-10,15H,1-6,11-12H2,(H2,18,19,20). The van der Waals surface area contributed by atoms with Crippen molar-refractivity contribution in [2.24, 2.45) is 0 Å². The summed E-state index contributed by atoms with van der Waals surface area (Å²) in [5.74, 6) is 1.23. The molecule has 0 spiro atoms. The van der Waals surface area contributed by atoms with Crippen LogP contribution in [0, 0.1) is 0 Å². The Bertz CT molecular complexity index is 430. The van der Waals surface area contributed by atoms with Crippen LogP contribution in [0.15, 0.2) is 28.7 Å². The molecule has 0 heterocycles. The molecule has 1 aliphatic carbocycles. The monoisotopic (exact) mass is 386 g/mol. The van der Waals surface area contributed by atoms with E-state index in [-0.39, 0.29) is 0 Å². The van der Waals surface area contributed by atoms with Crippen molar-refractivity contribution in [3.05, 3.63) is 28.7 Å². The van der Waals surface area contributed by atoms with Crippen LogP contribution in [0.25, 0.3) is 0 Å². The highest BCUT2D eigenvalue weighted by Crippen LogP contribution is 2.28. The number of benzene rings is 1. The molecule has 0 aliphatic heterocycles. The summed E-state index contributed by atoms with van der Waals surface area (Å²) in [6.07, 6.45) is 8.30. The Balaban J connectivity index is 1.53. The van der Waals surface area contributed by atoms with Crippen molar-refractivity contribution in [2.45, 2.75) is 43.8 Å². The van der Waals surface area contributed by atoms with E-state index in [0.29, 0.717) is 5.11 Å². The number of rotatable bonds is 6. The van der Waals surface area contributed by atoms with E-state index in [0.717, 1.165) is 22.0 Å². The number of nitrogens with one attached hydrogen (secondary N) is 2. The Hall–Kier alpha value is -0.260. The lowest BCUT2D eigenvalue weighted by Gasteiger charge is -2.20. The van der Waals surface area contributed by atoms with Gasteiger partial charge in [0.1, 0.15) is 0 Å². The predicted molar refractivity (Wildman–Crippen MR) is 102 cm³/mol. The number of thiocarbonyl (C=S) groups is 1. The van der Waals surface area contributed by atoms with Gasteiger partial charge in [0.2, 0.25) is 0 Å². The molecule has 5 heteroatoms. The van der Waals surface area contributed by atoms with E-state index in [1.165, 1.54) is 44.3 Å². The maximum absolute atomic E-state index is 5.30. The molecule has 1 aliphatic rings. The lowest BCUT2D eigenvalue weighted by molar-refractivity contribution is 0.516. The minimum Gasteiger partial charge on any atom is -0.362 e. The number of hydrogen-bond donors (Lipinski definition) is 2. The van der Waals surface area contributed by atoms with Gasteiger partial charge < -0.3 is 10.6 Å². The average molecular weight is 387 g/mol. The van der Waals surface area contributed by atoms with Crippen LogP contribution in [0.1, 0.15) is 38.5 Å². The largest absolute Gasteiger partial charge is 0.362 e. The van der Waals surface area contributed by atoms with E-state index in [4.69, 9.17) is 12.2 Å². The lowest BCUT2D eigenvalue weighted by Crippen LogP contribution is -2.29. The number of halogens is 1. The van der Waals surface area contributed by atoms with E-state index < -0.39 is 0 Å². The molecule has 116 valence electrons. The topological polar surface area (TPSA) is 24.1 Å². The Morgan fingerprint density at radius 3 is 2.62 bits per heavy atom. The maximum Gasteiger partial charge on any atom is 0.170 e. The van der Waals surface area contributed by atoms with Crippen LogP contribution in [0.4, 0.5) is 5.69 Å². The van der Waals surface area contributed by atoms with Gasteiger partial charge in [0.05, 0.1) is 0 Å². The first-order valence-electron chi connectivity index (χ1n) is 7.66. The minimum atomic E-state index is 0.708. The zero-order valence-electron chi connectivity index (χ0n) is 12.2. The van der Waals surface area contributed by atoms with Gasteiger partial charge in [-0.25, -0.2) is 0 Å². The van der Waals surface area contributed by atoms with E-state index in [9.17, 15) is 0 Å². The predicted octanol–water partition coefficient (Wildman–Crippen LogP) is 5.19. The van der Waals surface area contributed by atoms with Crippen LogP contribution >= 0.6 is 39.9 Å². The molecule has 0 radical (unpaired) electrons. The SMILES string of the molecule is S=C(NCCCSC1CCCCC1)Nc1ccc(Br)cc1. The molecular formula is C16H23BrN2S2. The summed E-state index contributed by atoms with van der Waals surface area (Å²) in [5, 5.41) is 8.10. The molecule has 2 rings (SSSR count). The van der Waals surface area contributed by atoms with E-state index in [1.54, 1.807) is 0 Å². The summed E-state index contributed by atoms with van der Waals surface area (Å²) in [7, 11) is 0. The van der Waals surface area contributed by atoms with Crippen molar-refractivity contribution in [1.29, 1.82) is 0 Å². The minimum absolute atomic E-state index is 0.708. The van der Waals surface area contributed by atoms with Crippen molar-refractivity contribution in [3.8, 4) is 0 Å². The summed E-state index contributed by atoms with van der Waals surface area (Å²) in [5.41, 5.74) is 1.02. The molecule has 1 fully saturated rings. The maximum atomic E-state index is 5.30. The van der Waals surface area contributed by atoms with Crippen LogP contribution in [0.3, 0.4) is 0 Å². The third-order valence-electron chi connectivity index (χ3n) is 3.61. The van der Waals surface area contributed by atoms with E-state index >= 15 is 0 Å². The second-order valence-corrected chi connectivity index (χ2v) is 8.10. The van der Waals surface area contributed by atoms with Gasteiger partial charge >= 0.3 is 0 Å². The van der Waals surface area contributed by atoms with Crippen molar-refractivity contribution in [3.63, 3.8) is 0 Å². The first-order valence-corrected chi connectivity index (χ1v) is 9.91. The van der Waals surface area contributed by atoms with Gasteiger partial charge in [-0.15, -0.1) is 0 Å². The molecule has 1 aromatic rings. The highest BCUT2D eigenvalue weighted by atomic mass is 79.9. The Morgan fingerprint density at radius 1 is 1.19 bits per heavy atom. The fourth-order valence-corrected chi connectivity index (χ4v) is 4.26. The molecule has 0 atom stereocenters. The van der Waals surface area contributed by atoms with Crippen molar-refractivity contribution in [2.75, 3.05) is 17.6 Å². The van der Waals surface area contributed by atoms with Crippen LogP contribution < -0.4 is 10.6 Å². The molecule has 0 bridgehead atoms. The zero-order chi connectivity index (χ0) is 14.9. The molecule has 0 saturated heterocycles. The Morgan fingerprint density at radius 2 is 1.90 bits per heavy atom. The van der Waals surface area contributed by atoms with Crippen molar-refractivity contribution in [1.82, 2.24) is 5.32 Å². The molecule has 0 amide bonds. The second-order valence-electron chi connectivity index (χ2n) is 5.37. The smallest absolute Gasteiger partial charge is 0.170 e. The quantitative estimate of drug-likeness (QED) is 0.518. The van der Waals surface area contributed by atoms with Gasteiger partial charge in [-0.1, -0.05) is 35.2 Å². The number of thioether (sulfide) groups is 1. The van der Waals surface area contributed by atoms with Gasteiger partial charge in [0.15, 0.2) is 5.11 Å². The van der Waals surface area contributed by atoms with Gasteiger partial charge in [0, 0.05) is 22.0 Å². The van der Waals surface area contributed by atoms with Crippen LogP contribution in [-0.2, 0) is 0 Å². The molecule has 21 heavy (non-hydrogen) atoms. The first-order chi connectivity index (χ1) is 10.2. The van der Waals surface area contributed by atoms with E-state index in [1.807, 2.05) is 24.3 Å². The molecular weight excluding hydrogens is 364 g/mol. The van der Waals surface area contributed by atoms with Crippen LogP contribution in [0.2, 0.25) is 0 Å². The van der Waals surface area contributed by atoms with E-state index in [2.05, 4.69) is 38.3 Å². The molecule has 2 N–H and O–H groups in total. The number of hydrogen-bond acceptors (Lipinski definition) is 2. The fourth-order valence-electron chi connectivity index (χ4n) is 2.46. The van der Waals surface area contributed by atoms with Gasteiger partial charge in [0.25, 0.3) is 0 Å². The van der Waals surface area contributed by atoms with Crippen molar-refractivity contribution < 1.29 is 0 Å². The molecule has 1 aromatic carbocycles. The normalized spacial score (nSPS) is 15.7. The summed E-state index contributed by atoms with van der Waals surface area (Å²) in [6.45, 7) is 0.947. The van der Waals surface area contributed by atoms with Crippen LogP contribution in [-0.4, -0.2) is 22.7 Å². The van der Waals surface area contributed by atoms with Crippen LogP contribution in [0.5, 0.6) is 0 Å². The molecule has 1 saturated carbocycles. The summed E-state index contributed by atoms with van der Waals surface area (Å²) < 4.78 is 1.08. The Labute approximate surface area is 146 Å². The lowest BCUT2D eigenvalue weighted by atomic mass is 10.0. The van der Waals surface area contributed by atoms with Gasteiger partial charge in [-0.3, -0.25) is 0 Å². The number of anilines is 1. The highest BCUT2D eigenvalue weighted by molar-refractivity contribution is 9.10. The third-order valence-corrected chi connectivity index (χ3v) is 5.86. The van der Waals surface area contributed by atoms with Gasteiger partial charge in [-0.05, 0) is 61.5 Å². The third kappa shape index (κ3) is 7.02. The summed E-state index contributed by atoms with van der Waals surface area (Å²) in [6, 6.07) is 8.03. The Kier molecular flexibility index (Phi) is 7.89. The second kappa shape index (κ2) is 9.70. The molecule has 0 unspecified atom stereocenters. The first kappa shape index (κ1) is 17.1. The fraction of sp³-hybridized carbons (Fsp3) is 0.562. The zero-order valence-corrected chi connectivity index (χ0v) is 15.5.